The molecule has 1 aliphatic rings. The van der Waals surface area contributed by atoms with E-state index >= 15 is 0 Å². The quantitative estimate of drug-likeness (QED) is 0.881. The van der Waals surface area contributed by atoms with Gasteiger partial charge in [0.2, 0.25) is 5.91 Å². The Morgan fingerprint density at radius 1 is 1.12 bits per heavy atom. The maximum Gasteiger partial charge on any atom is 0.255 e. The van der Waals surface area contributed by atoms with Crippen molar-refractivity contribution in [3.8, 4) is 12.3 Å². The molecule has 1 saturated heterocycles. The minimum atomic E-state index is -0.208. The number of amides is 2. The van der Waals surface area contributed by atoms with Gasteiger partial charge in [-0.15, -0.1) is 6.42 Å². The lowest BCUT2D eigenvalue weighted by atomic mass is 10.1. The van der Waals surface area contributed by atoms with Gasteiger partial charge in [0.05, 0.1) is 0 Å². The number of piperidine rings is 1. The number of hydrogen-bond acceptors (Lipinski definition) is 2. The zero-order chi connectivity index (χ0) is 16.9. The molecule has 1 aliphatic heterocycles. The highest BCUT2D eigenvalue weighted by Crippen LogP contribution is 2.21. The van der Waals surface area contributed by atoms with E-state index in [-0.39, 0.29) is 11.8 Å². The van der Waals surface area contributed by atoms with Crippen LogP contribution < -0.4 is 10.2 Å². The highest BCUT2D eigenvalue weighted by atomic mass is 16.2. The molecule has 0 saturated carbocycles. The van der Waals surface area contributed by atoms with Gasteiger partial charge in [-0.25, -0.2) is 0 Å². The minimum Gasteiger partial charge on any atom is -0.322 e. The molecule has 1 fully saturated rings. The van der Waals surface area contributed by atoms with Gasteiger partial charge in [-0.3, -0.25) is 9.59 Å². The summed E-state index contributed by atoms with van der Waals surface area (Å²) < 4.78 is 0. The third kappa shape index (κ3) is 3.47. The number of rotatable bonds is 3. The first kappa shape index (κ1) is 15.8. The fraction of sp³-hybridized carbons (Fsp3) is 0.200. The summed E-state index contributed by atoms with van der Waals surface area (Å²) >= 11 is 0. The lowest BCUT2D eigenvalue weighted by Crippen LogP contribution is -2.35. The maximum atomic E-state index is 12.3. The molecule has 24 heavy (non-hydrogen) atoms. The van der Waals surface area contributed by atoms with Crippen molar-refractivity contribution >= 4 is 23.2 Å². The molecule has 0 bridgehead atoms. The third-order valence-electron chi connectivity index (χ3n) is 4.05. The molecule has 1 N–H and O–H groups in total. The van der Waals surface area contributed by atoms with E-state index in [0.29, 0.717) is 23.2 Å². The largest absolute Gasteiger partial charge is 0.322 e. The number of benzene rings is 2. The van der Waals surface area contributed by atoms with E-state index in [1.807, 2.05) is 12.1 Å². The average molecular weight is 318 g/mol. The van der Waals surface area contributed by atoms with E-state index in [0.717, 1.165) is 25.1 Å². The average Bonchev–Trinajstić information content (AvgIpc) is 2.62. The Morgan fingerprint density at radius 3 is 2.62 bits per heavy atom. The minimum absolute atomic E-state index is 0.143. The van der Waals surface area contributed by atoms with Gasteiger partial charge in [-0.1, -0.05) is 12.0 Å². The summed E-state index contributed by atoms with van der Waals surface area (Å²) in [6, 6.07) is 14.2. The summed E-state index contributed by atoms with van der Waals surface area (Å²) in [5.41, 5.74) is 2.75. The molecule has 0 atom stereocenters. The lowest BCUT2D eigenvalue weighted by Gasteiger charge is -2.26. The molecule has 3 rings (SSSR count). The lowest BCUT2D eigenvalue weighted by molar-refractivity contribution is -0.119. The Bertz CT molecular complexity index is 803. The summed E-state index contributed by atoms with van der Waals surface area (Å²) in [4.78, 5) is 26.0. The van der Waals surface area contributed by atoms with E-state index in [2.05, 4.69) is 11.2 Å². The first-order chi connectivity index (χ1) is 11.7. The summed E-state index contributed by atoms with van der Waals surface area (Å²) in [5.74, 6) is 2.47. The van der Waals surface area contributed by atoms with Gasteiger partial charge in [-0.2, -0.15) is 0 Å². The highest BCUT2D eigenvalue weighted by Gasteiger charge is 2.19. The van der Waals surface area contributed by atoms with Gasteiger partial charge in [-0.05, 0) is 55.3 Å². The van der Waals surface area contributed by atoms with Crippen molar-refractivity contribution in [2.24, 2.45) is 0 Å². The second-order valence-electron chi connectivity index (χ2n) is 5.73. The van der Waals surface area contributed by atoms with Crippen molar-refractivity contribution in [1.82, 2.24) is 0 Å². The third-order valence-corrected chi connectivity index (χ3v) is 4.05. The van der Waals surface area contributed by atoms with E-state index in [9.17, 15) is 9.59 Å². The molecule has 2 aromatic rings. The van der Waals surface area contributed by atoms with Crippen LogP contribution in [0.2, 0.25) is 0 Å². The van der Waals surface area contributed by atoms with Crippen LogP contribution in [0.15, 0.2) is 48.5 Å². The molecule has 120 valence electrons. The second-order valence-corrected chi connectivity index (χ2v) is 5.73. The van der Waals surface area contributed by atoms with Gasteiger partial charge < -0.3 is 10.2 Å². The van der Waals surface area contributed by atoms with Crippen LogP contribution in [0.5, 0.6) is 0 Å². The van der Waals surface area contributed by atoms with E-state index in [1.165, 1.54) is 0 Å². The Labute approximate surface area is 141 Å². The van der Waals surface area contributed by atoms with Crippen molar-refractivity contribution in [1.29, 1.82) is 0 Å². The van der Waals surface area contributed by atoms with E-state index in [4.69, 9.17) is 6.42 Å². The number of nitrogens with one attached hydrogen (secondary N) is 1. The van der Waals surface area contributed by atoms with Crippen LogP contribution in [0.3, 0.4) is 0 Å². The monoisotopic (exact) mass is 318 g/mol. The smallest absolute Gasteiger partial charge is 0.255 e. The Morgan fingerprint density at radius 2 is 1.92 bits per heavy atom. The summed E-state index contributed by atoms with van der Waals surface area (Å²) in [7, 11) is 0. The van der Waals surface area contributed by atoms with Crippen LogP contribution in [0.25, 0.3) is 0 Å². The summed E-state index contributed by atoms with van der Waals surface area (Å²) in [6.07, 6.45) is 7.92. The number of terminal acetylenes is 1. The summed E-state index contributed by atoms with van der Waals surface area (Å²) in [5, 5.41) is 2.83. The molecular weight excluding hydrogens is 300 g/mol. The molecule has 0 aliphatic carbocycles. The van der Waals surface area contributed by atoms with Gasteiger partial charge in [0, 0.05) is 35.5 Å². The molecular formula is C20H18N2O2. The van der Waals surface area contributed by atoms with Crippen LogP contribution in [0, 0.1) is 12.3 Å². The molecule has 4 nitrogen and oxygen atoms in total. The predicted octanol–water partition coefficient (Wildman–Crippen LogP) is 3.44. The van der Waals surface area contributed by atoms with E-state index < -0.39 is 0 Å². The molecule has 0 aromatic heterocycles. The number of carbonyl (C=O) groups excluding carboxylic acids is 2. The Balaban J connectivity index is 1.71. The molecule has 2 aromatic carbocycles. The maximum absolute atomic E-state index is 12.3. The Hall–Kier alpha value is -3.06. The molecule has 1 heterocycles. The molecule has 4 heteroatoms. The van der Waals surface area contributed by atoms with Crippen molar-refractivity contribution in [2.75, 3.05) is 16.8 Å². The molecule has 2 amide bonds. The predicted molar refractivity (Wildman–Crippen MR) is 95.0 cm³/mol. The fourth-order valence-electron chi connectivity index (χ4n) is 2.76. The molecule has 0 unspecified atom stereocenters. The highest BCUT2D eigenvalue weighted by molar-refractivity contribution is 6.04. The SMILES string of the molecule is C#Cc1cccc(NC(=O)c2ccc(N3CCCCC3=O)cc2)c1. The van der Waals surface area contributed by atoms with Gasteiger partial charge >= 0.3 is 0 Å². The van der Waals surface area contributed by atoms with Crippen molar-refractivity contribution in [3.63, 3.8) is 0 Å². The van der Waals surface area contributed by atoms with Gasteiger partial charge in [0.1, 0.15) is 0 Å². The van der Waals surface area contributed by atoms with Crippen molar-refractivity contribution in [3.05, 3.63) is 59.7 Å². The van der Waals surface area contributed by atoms with Gasteiger partial charge in [0.25, 0.3) is 5.91 Å². The molecule has 0 radical (unpaired) electrons. The van der Waals surface area contributed by atoms with Crippen LogP contribution in [0.1, 0.15) is 35.2 Å². The van der Waals surface area contributed by atoms with Gasteiger partial charge in [0.15, 0.2) is 0 Å². The topological polar surface area (TPSA) is 49.4 Å². The van der Waals surface area contributed by atoms with Crippen molar-refractivity contribution in [2.45, 2.75) is 19.3 Å². The number of carbonyl (C=O) groups is 2. The van der Waals surface area contributed by atoms with Crippen LogP contribution in [-0.2, 0) is 4.79 Å². The summed E-state index contributed by atoms with van der Waals surface area (Å²) in [6.45, 7) is 0.739. The number of nitrogens with zero attached hydrogens (tertiary/aromatic N) is 1. The zero-order valence-electron chi connectivity index (χ0n) is 13.3. The van der Waals surface area contributed by atoms with E-state index in [1.54, 1.807) is 41.3 Å². The standard InChI is InChI=1S/C20H18N2O2/c1-2-15-6-5-7-17(14-15)21-20(24)16-9-11-18(12-10-16)22-13-4-3-8-19(22)23/h1,5-7,9-12,14H,3-4,8,13H2,(H,21,24). The molecule has 0 spiro atoms. The number of hydrogen-bond donors (Lipinski definition) is 1. The Kier molecular flexibility index (Phi) is 4.62. The van der Waals surface area contributed by atoms with Crippen LogP contribution >= 0.6 is 0 Å². The normalized spacial score (nSPS) is 14.1. The zero-order valence-corrected chi connectivity index (χ0v) is 13.3. The number of anilines is 2. The van der Waals surface area contributed by atoms with Crippen LogP contribution in [0.4, 0.5) is 11.4 Å². The second kappa shape index (κ2) is 7.01. The first-order valence-electron chi connectivity index (χ1n) is 7.96. The van der Waals surface area contributed by atoms with Crippen LogP contribution in [-0.4, -0.2) is 18.4 Å². The van der Waals surface area contributed by atoms with Crippen molar-refractivity contribution < 1.29 is 9.59 Å². The fourth-order valence-corrected chi connectivity index (χ4v) is 2.76. The first-order valence-corrected chi connectivity index (χ1v) is 7.96.